The zero-order chi connectivity index (χ0) is 83.9. The third kappa shape index (κ3) is 29.2. The van der Waals surface area contributed by atoms with Crippen molar-refractivity contribution < 1.29 is 91.6 Å². The maximum Gasteiger partial charge on any atom is 0.306 e. The van der Waals surface area contributed by atoms with Gasteiger partial charge >= 0.3 is 5.97 Å². The number of aromatic amines is 4. The van der Waals surface area contributed by atoms with Gasteiger partial charge in [0.05, 0.1) is 31.5 Å². The highest BCUT2D eigenvalue weighted by atomic mass is 33.1. The van der Waals surface area contributed by atoms with Crippen LogP contribution in [0.2, 0.25) is 0 Å². The van der Waals surface area contributed by atoms with Crippen LogP contribution in [0.15, 0.2) is 133 Å². The van der Waals surface area contributed by atoms with Gasteiger partial charge in [0.15, 0.2) is 23.8 Å². The number of rotatable bonds is 27. The normalized spacial score (nSPS) is 23.2. The number of aliphatic carboxylic acids is 1. The molecule has 1 aliphatic rings. The fraction of sp³-hybridized carbons (Fsp3) is 0.507. The molecule has 6 rings (SSSR count). The molecule has 0 spiro atoms. The first-order chi connectivity index (χ1) is 54.1. The van der Waals surface area contributed by atoms with Crippen molar-refractivity contribution in [1.29, 1.82) is 16.2 Å². The second-order valence-corrected chi connectivity index (χ2v) is 29.1. The van der Waals surface area contributed by atoms with Crippen molar-refractivity contribution in [3.63, 3.8) is 0 Å². The first-order valence-electron chi connectivity index (χ1n) is 35.7. The number of carbonyl (C=O) groups is 1. The molecule has 5 heterocycles. The SMILES string of the molecule is CC[C@H](C)[C@H](N=C(C)O)C(O)=N[C@H]1CSSC[C@@H](C(O)=N[C@H](C(=N)O)[C@@H](C)O)N=C(O)[C@H](CCCNC(=N)N)N=C(O)[C@@H](Cc2cnc[nH]2)N=C(O)[C@H](Cc2cnc[nH]2)N=C(O)CN=C(O)[C@H](Cc2c[nH]c3ccccc23)N=C(O)[C@@H](CC(=O)O)N=C(O)[C@H](CCC(=N)O)N=C(O)[C@@H](Cc2cnc[nH]2)N=C(O)[C@H](C(C)C)N=C1O. The van der Waals surface area contributed by atoms with E-state index in [4.69, 9.17) is 22.0 Å². The summed E-state index contributed by atoms with van der Waals surface area (Å²) in [6, 6.07) is -13.1. The quantitative estimate of drug-likeness (QED) is 0.0115. The zero-order valence-electron chi connectivity index (χ0n) is 63.0. The number of aliphatic hydroxyl groups excluding tert-OH is 16. The van der Waals surface area contributed by atoms with Gasteiger partial charge in [-0.2, -0.15) is 0 Å². The molecule has 1 aliphatic heterocycles. The molecule has 114 heavy (non-hydrogen) atoms. The highest BCUT2D eigenvalue weighted by Gasteiger charge is 2.34. The van der Waals surface area contributed by atoms with E-state index in [1.165, 1.54) is 44.5 Å². The molecule has 0 radical (unpaired) electrons. The second-order valence-electron chi connectivity index (χ2n) is 26.5. The Morgan fingerprint density at radius 2 is 1.11 bits per heavy atom. The minimum Gasteiger partial charge on any atom is -0.497 e. The van der Waals surface area contributed by atoms with Gasteiger partial charge in [0, 0.05) is 110 Å². The minimum absolute atomic E-state index is 0.0200. The molecule has 27 N–H and O–H groups in total. The van der Waals surface area contributed by atoms with E-state index in [2.05, 4.69) is 105 Å². The molecule has 5 aromatic rings. The number of H-pyrrole nitrogens is 4. The number of fused-ring (bicyclic) bond motifs is 1. The lowest BCUT2D eigenvalue weighted by atomic mass is 9.99. The Kier molecular flexibility index (Phi) is 35.6. The van der Waals surface area contributed by atoms with Crippen molar-refractivity contribution in [2.24, 2.45) is 82.5 Å². The van der Waals surface area contributed by atoms with Crippen LogP contribution in [0.1, 0.15) is 103 Å². The number of nitrogens with two attached hydrogens (primary N) is 1. The summed E-state index contributed by atoms with van der Waals surface area (Å²) in [7, 11) is 1.73. The predicted molar refractivity (Wildman–Crippen MR) is 438 cm³/mol. The van der Waals surface area contributed by atoms with Gasteiger partial charge in [-0.3, -0.25) is 21.0 Å². The van der Waals surface area contributed by atoms with Crippen molar-refractivity contribution in [3.8, 4) is 0 Å². The lowest BCUT2D eigenvalue weighted by Gasteiger charge is -2.22. The second kappa shape index (κ2) is 44.8. The van der Waals surface area contributed by atoms with E-state index in [1.54, 1.807) is 58.2 Å². The fourth-order valence-electron chi connectivity index (χ4n) is 11.0. The Labute approximate surface area is 660 Å². The Bertz CT molecular complexity index is 4400. The van der Waals surface area contributed by atoms with Gasteiger partial charge in [0.2, 0.25) is 76.7 Å². The number of carboxylic acid groups (broad SMARTS) is 1. The summed E-state index contributed by atoms with van der Waals surface area (Å²) >= 11 is 0. The number of aliphatic imine (C=N–C) groups is 13. The molecule has 0 bridgehead atoms. The molecule has 14 atom stereocenters. The van der Waals surface area contributed by atoms with Crippen molar-refractivity contribution in [2.45, 2.75) is 184 Å². The highest BCUT2D eigenvalue weighted by Crippen LogP contribution is 2.28. The molecule has 0 saturated carbocycles. The van der Waals surface area contributed by atoms with E-state index in [1.807, 2.05) is 0 Å². The number of carboxylic acids is 1. The number of aromatic nitrogens is 7. The fourth-order valence-corrected chi connectivity index (χ4v) is 13.2. The van der Waals surface area contributed by atoms with Crippen LogP contribution in [-0.2, 0) is 30.5 Å². The van der Waals surface area contributed by atoms with Gasteiger partial charge < -0.3 is 118 Å². The number of nitrogens with zero attached hydrogens (tertiary/aromatic N) is 16. The first kappa shape index (κ1) is 90.7. The molecule has 0 amide bonds. The van der Waals surface area contributed by atoms with E-state index in [0.29, 0.717) is 34.3 Å². The molecular formula is C69H99N25O18S2. The third-order valence-electron chi connectivity index (χ3n) is 17.1. The minimum atomic E-state index is -2.05. The Balaban J connectivity index is 1.67. The van der Waals surface area contributed by atoms with E-state index < -0.39 is 222 Å². The summed E-state index contributed by atoms with van der Waals surface area (Å²) < 4.78 is 0. The zero-order valence-corrected chi connectivity index (χ0v) is 64.6. The number of para-hydroxylation sites is 1. The monoisotopic (exact) mass is 1630 g/mol. The maximum atomic E-state index is 12.7. The van der Waals surface area contributed by atoms with Crippen molar-refractivity contribution >= 4 is 133 Å². The first-order valence-corrected chi connectivity index (χ1v) is 38.2. The largest absolute Gasteiger partial charge is 0.497 e. The number of guanidine groups is 1. The van der Waals surface area contributed by atoms with Crippen LogP contribution in [0, 0.1) is 28.1 Å². The van der Waals surface area contributed by atoms with Crippen LogP contribution in [-0.4, -0.2) is 325 Å². The number of imidazole rings is 3. The summed E-state index contributed by atoms with van der Waals surface area (Å²) in [6.07, 6.45) is 4.48. The maximum absolute atomic E-state index is 12.7. The topological polar surface area (TPSA) is 733 Å². The molecule has 0 aliphatic carbocycles. The summed E-state index contributed by atoms with van der Waals surface area (Å²) in [5, 5.41) is 223. The lowest BCUT2D eigenvalue weighted by molar-refractivity contribution is -0.137. The Morgan fingerprint density at radius 3 is 1.63 bits per heavy atom. The molecule has 4 aromatic heterocycles. The van der Waals surface area contributed by atoms with E-state index in [0.717, 1.165) is 28.5 Å². The van der Waals surface area contributed by atoms with Gasteiger partial charge in [-0.15, -0.1) is 0 Å². The number of aliphatic hydroxyl groups is 16. The molecule has 43 nitrogen and oxygen atoms in total. The number of benzene rings is 1. The van der Waals surface area contributed by atoms with Crippen LogP contribution >= 0.6 is 21.6 Å². The Hall–Kier alpha value is -12.2. The lowest BCUT2D eigenvalue weighted by Crippen LogP contribution is -2.35. The smallest absolute Gasteiger partial charge is 0.306 e. The van der Waals surface area contributed by atoms with Gasteiger partial charge in [0.25, 0.3) is 0 Å². The average Bonchev–Trinajstić information content (AvgIpc) is 1.65. The van der Waals surface area contributed by atoms with Gasteiger partial charge in [0.1, 0.15) is 73.0 Å². The summed E-state index contributed by atoms with van der Waals surface area (Å²) in [5.74, 6) is -17.9. The van der Waals surface area contributed by atoms with Crippen LogP contribution < -0.4 is 11.1 Å². The number of nitrogens with one attached hydrogen (secondary N) is 8. The molecule has 0 unspecified atom stereocenters. The average molecular weight is 1630 g/mol. The Morgan fingerprint density at radius 1 is 0.605 bits per heavy atom. The highest BCUT2D eigenvalue weighted by molar-refractivity contribution is 8.76. The third-order valence-corrected chi connectivity index (χ3v) is 19.5. The van der Waals surface area contributed by atoms with Gasteiger partial charge in [-0.05, 0) is 49.7 Å². The van der Waals surface area contributed by atoms with E-state index >= 15 is 0 Å². The van der Waals surface area contributed by atoms with Crippen LogP contribution in [0.4, 0.5) is 0 Å². The molecule has 1 aromatic carbocycles. The van der Waals surface area contributed by atoms with Crippen molar-refractivity contribution in [1.82, 2.24) is 40.2 Å². The summed E-state index contributed by atoms with van der Waals surface area (Å²) in [5.41, 5.74) is 7.53. The predicted octanol–water partition coefficient (Wildman–Crippen LogP) is 6.55. The van der Waals surface area contributed by atoms with Gasteiger partial charge in [-0.1, -0.05) is 73.9 Å². The molecule has 0 fully saturated rings. The van der Waals surface area contributed by atoms with E-state index in [9.17, 15) is 91.6 Å². The van der Waals surface area contributed by atoms with Crippen molar-refractivity contribution in [3.05, 3.63) is 90.7 Å². The molecule has 0 saturated heterocycles. The van der Waals surface area contributed by atoms with Crippen LogP contribution in [0.3, 0.4) is 0 Å². The van der Waals surface area contributed by atoms with Crippen LogP contribution in [0.25, 0.3) is 10.9 Å². The molecule has 620 valence electrons. The van der Waals surface area contributed by atoms with E-state index in [-0.39, 0.29) is 56.5 Å². The van der Waals surface area contributed by atoms with Gasteiger partial charge in [-0.25, -0.2) is 79.9 Å². The summed E-state index contributed by atoms with van der Waals surface area (Å²) in [4.78, 5) is 92.1. The molecular weight excluding hydrogens is 1530 g/mol. The van der Waals surface area contributed by atoms with Crippen molar-refractivity contribution in [2.75, 3.05) is 24.6 Å². The number of hydrogen-bond acceptors (Lipinski definition) is 23. The molecule has 45 heteroatoms. The number of hydrogen-bond donors (Lipinski definition) is 26. The summed E-state index contributed by atoms with van der Waals surface area (Å²) in [6.45, 7) is 8.08. The van der Waals surface area contributed by atoms with Crippen LogP contribution in [0.5, 0.6) is 0 Å². The standard InChI is InChI=1S/C69H99N25O18S2/c1-7-33(4)55(83-35(6)96)68(112)92-50-28-114-113-27-49(66(110)94-56(34(5)95)57(71)101)91-59(103)42(13-10-16-77-69(72)73)85-62(106)46(19-38-24-75-30-81-38)88-61(105)45(18-37-23-74-29-80-37)84-52(98)26-79-58(102)44(17-36-22-78-41-12-9-8-11-40(36)41)87-64(108)48(21-53(99)100)89-60(104)43(14-15-51(70)97)86-63(107)47(20-39-25-76-31-82-39)90-67(111)54(32(2)3)93-65(50)109/h8-9,11-12,22-25,29-34,42-50,54-56,78,95H,7,10,13-21,26-28H2,1-6H3,(H2,70,97)(H2,71,101)(H,74,80)(H,75,81)(H,76,82)(H,79,102)(H,83,96)(H,84,98)(H,85,106)(H,86,107)(H,87,108)(H,88,105)(H,89,104)(H,90,111)(H,91,103)(H,92,112)(H,93,109)(H,94,110)(H,99,100)(H4,72,73,77)/t33-,34+,42-,43-,44-,45-,46+,47+,48+,49-,50-,54-,55-,56-/m0/s1.